The predicted octanol–water partition coefficient (Wildman–Crippen LogP) is 2.41. The van der Waals surface area contributed by atoms with Gasteiger partial charge in [-0.05, 0) is 12.2 Å². The first kappa shape index (κ1) is 12.6. The minimum absolute atomic E-state index is 1.80. The van der Waals surface area contributed by atoms with Crippen molar-refractivity contribution in [2.45, 2.75) is 0 Å². The third kappa shape index (κ3) is 8.57. The van der Waals surface area contributed by atoms with Gasteiger partial charge in [-0.25, -0.2) is 0 Å². The first-order chi connectivity index (χ1) is 8.50. The van der Waals surface area contributed by atoms with Gasteiger partial charge in [0.15, 0.2) is 0 Å². The highest BCUT2D eigenvalue weighted by Gasteiger charge is 1.69. The van der Waals surface area contributed by atoms with Crippen molar-refractivity contribution in [3.63, 3.8) is 0 Å². The van der Waals surface area contributed by atoms with Gasteiger partial charge >= 0.3 is 0 Å². The zero-order valence-electron chi connectivity index (χ0n) is 9.58. The van der Waals surface area contributed by atoms with Crippen LogP contribution in [-0.4, -0.2) is 0 Å². The molecule has 3 heteroatoms. The molecule has 0 aliphatic carbocycles. The van der Waals surface area contributed by atoms with Crippen LogP contribution >= 0.6 is 0 Å². The summed E-state index contributed by atoms with van der Waals surface area (Å²) in [4.78, 5) is 0. The second-order valence-electron chi connectivity index (χ2n) is 3.04. The number of nitrogens with one attached hydrogen (secondary N) is 3. The van der Waals surface area contributed by atoms with Crippen LogP contribution in [0.4, 0.5) is 0 Å². The van der Waals surface area contributed by atoms with E-state index in [0.717, 1.165) is 0 Å². The van der Waals surface area contributed by atoms with E-state index in [1.54, 1.807) is 24.8 Å². The van der Waals surface area contributed by atoms with Crippen LogP contribution < -0.4 is 16.0 Å². The molecule has 3 N–H and O–H groups in total. The number of hydrogen-bond donors (Lipinski definition) is 3. The van der Waals surface area contributed by atoms with E-state index in [4.69, 9.17) is 0 Å². The van der Waals surface area contributed by atoms with Crippen LogP contribution in [-0.2, 0) is 0 Å². The monoisotopic (exact) mass is 227 g/mol. The van der Waals surface area contributed by atoms with Crippen molar-refractivity contribution < 1.29 is 0 Å². The summed E-state index contributed by atoms with van der Waals surface area (Å²) in [5.74, 6) is 0. The van der Waals surface area contributed by atoms with E-state index < -0.39 is 0 Å². The Morgan fingerprint density at radius 1 is 0.294 bits per heavy atom. The third-order valence-electron chi connectivity index (χ3n) is 1.71. The lowest BCUT2D eigenvalue weighted by Crippen LogP contribution is -2.00. The predicted molar refractivity (Wildman–Crippen MR) is 73.4 cm³/mol. The van der Waals surface area contributed by atoms with E-state index in [-0.39, 0.29) is 0 Å². The summed E-state index contributed by atoms with van der Waals surface area (Å²) < 4.78 is 0. The fraction of sp³-hybridized carbons (Fsp3) is 0. The van der Waals surface area contributed by atoms with E-state index in [1.165, 1.54) is 0 Å². The molecule has 0 saturated carbocycles. The molecule has 0 amide bonds. The fourth-order valence-electron chi connectivity index (χ4n) is 0.966. The summed E-state index contributed by atoms with van der Waals surface area (Å²) in [5.41, 5.74) is 0. The summed E-state index contributed by atoms with van der Waals surface area (Å²) >= 11 is 0. The van der Waals surface area contributed by atoms with Crippen molar-refractivity contribution in [2.24, 2.45) is 0 Å². The van der Waals surface area contributed by atoms with Gasteiger partial charge in [0.25, 0.3) is 0 Å². The first-order valence-corrected chi connectivity index (χ1v) is 5.40. The van der Waals surface area contributed by atoms with Crippen molar-refractivity contribution in [3.05, 3.63) is 85.8 Å². The molecule has 0 atom stereocenters. The molecule has 1 rings (SSSR count). The Bertz CT molecular complexity index is 346. The van der Waals surface area contributed by atoms with Crippen LogP contribution in [0.15, 0.2) is 85.8 Å². The Balaban J connectivity index is 2.53. The van der Waals surface area contributed by atoms with Crippen LogP contribution in [0.25, 0.3) is 0 Å². The zero-order chi connectivity index (χ0) is 12.0. The fourth-order valence-corrected chi connectivity index (χ4v) is 0.966. The van der Waals surface area contributed by atoms with Gasteiger partial charge in [-0.2, -0.15) is 0 Å². The van der Waals surface area contributed by atoms with E-state index >= 15 is 0 Å². The Morgan fingerprint density at radius 3 is 1.00 bits per heavy atom. The van der Waals surface area contributed by atoms with Crippen LogP contribution in [0.2, 0.25) is 0 Å². The highest BCUT2D eigenvalue weighted by Crippen LogP contribution is 1.83. The Morgan fingerprint density at radius 2 is 0.588 bits per heavy atom. The molecule has 1 heterocycles. The SMILES string of the molecule is C1=CC=CC=CNC=CNC=CNC=CC=C1. The van der Waals surface area contributed by atoms with Gasteiger partial charge in [-0.15, -0.1) is 0 Å². The van der Waals surface area contributed by atoms with E-state index in [2.05, 4.69) is 16.0 Å². The van der Waals surface area contributed by atoms with Crippen LogP contribution in [0.1, 0.15) is 0 Å². The molecular formula is C14H17N3. The standard InChI is InChI=1S/C14H17N3/c1-2-4-6-8-10-16-12-14-17-13-11-15-9-7-5-3-1/h1-17H. The number of rotatable bonds is 0. The van der Waals surface area contributed by atoms with Crippen LogP contribution in [0.3, 0.4) is 0 Å². The first-order valence-electron chi connectivity index (χ1n) is 5.40. The van der Waals surface area contributed by atoms with Gasteiger partial charge in [0.1, 0.15) is 0 Å². The molecule has 3 nitrogen and oxygen atoms in total. The molecule has 0 radical (unpaired) electrons. The lowest BCUT2D eigenvalue weighted by atomic mass is 10.4. The molecule has 17 heavy (non-hydrogen) atoms. The summed E-state index contributed by atoms with van der Waals surface area (Å²) in [6.45, 7) is 0. The normalized spacial score (nSPS) is 16.0. The van der Waals surface area contributed by atoms with Gasteiger partial charge in [-0.1, -0.05) is 36.5 Å². The minimum Gasteiger partial charge on any atom is -0.366 e. The largest absolute Gasteiger partial charge is 0.366 e. The van der Waals surface area contributed by atoms with Gasteiger partial charge < -0.3 is 16.0 Å². The van der Waals surface area contributed by atoms with Gasteiger partial charge in [0.05, 0.1) is 0 Å². The Kier molecular flexibility index (Phi) is 7.52. The number of hydrogen-bond acceptors (Lipinski definition) is 3. The van der Waals surface area contributed by atoms with Crippen molar-refractivity contribution in [1.82, 2.24) is 16.0 Å². The van der Waals surface area contributed by atoms with Crippen molar-refractivity contribution in [1.29, 1.82) is 0 Å². The maximum atomic E-state index is 3.00. The second-order valence-corrected chi connectivity index (χ2v) is 3.04. The van der Waals surface area contributed by atoms with E-state index in [9.17, 15) is 0 Å². The van der Waals surface area contributed by atoms with Crippen molar-refractivity contribution in [2.75, 3.05) is 0 Å². The molecule has 0 fully saturated rings. The lowest BCUT2D eigenvalue weighted by Gasteiger charge is -1.91. The highest BCUT2D eigenvalue weighted by molar-refractivity contribution is 5.17. The van der Waals surface area contributed by atoms with E-state index in [0.29, 0.717) is 0 Å². The molecule has 1 aliphatic heterocycles. The summed E-state index contributed by atoms with van der Waals surface area (Å²) in [5, 5.41) is 8.97. The van der Waals surface area contributed by atoms with Crippen LogP contribution in [0, 0.1) is 0 Å². The molecular weight excluding hydrogens is 210 g/mol. The maximum Gasteiger partial charge on any atom is 0.0167 e. The minimum atomic E-state index is 1.80. The molecule has 0 aromatic carbocycles. The van der Waals surface area contributed by atoms with Gasteiger partial charge in [0.2, 0.25) is 0 Å². The van der Waals surface area contributed by atoms with Gasteiger partial charge in [0, 0.05) is 37.2 Å². The van der Waals surface area contributed by atoms with E-state index in [1.807, 2.05) is 61.0 Å². The quantitative estimate of drug-likeness (QED) is 0.595. The second kappa shape index (κ2) is 10.1. The van der Waals surface area contributed by atoms with Gasteiger partial charge in [-0.3, -0.25) is 0 Å². The molecule has 0 bridgehead atoms. The van der Waals surface area contributed by atoms with Crippen molar-refractivity contribution in [3.8, 4) is 0 Å². The zero-order valence-corrected chi connectivity index (χ0v) is 9.58. The molecule has 88 valence electrons. The van der Waals surface area contributed by atoms with Crippen LogP contribution in [0.5, 0.6) is 0 Å². The molecule has 0 spiro atoms. The van der Waals surface area contributed by atoms with Crippen molar-refractivity contribution >= 4 is 0 Å². The molecule has 0 saturated heterocycles. The average molecular weight is 227 g/mol. The lowest BCUT2D eigenvalue weighted by molar-refractivity contribution is 1.08. The average Bonchev–Trinajstić information content (AvgIpc) is 2.35. The third-order valence-corrected chi connectivity index (χ3v) is 1.71. The summed E-state index contributed by atoms with van der Waals surface area (Å²) in [6.07, 6.45) is 26.5. The topological polar surface area (TPSA) is 36.1 Å². The Hall–Kier alpha value is -2.42. The summed E-state index contributed by atoms with van der Waals surface area (Å²) in [6, 6.07) is 0. The maximum absolute atomic E-state index is 3.00. The Labute approximate surface area is 102 Å². The molecule has 0 unspecified atom stereocenters. The summed E-state index contributed by atoms with van der Waals surface area (Å²) in [7, 11) is 0. The molecule has 1 aliphatic rings. The number of allylic oxidation sites excluding steroid dienone is 8. The highest BCUT2D eigenvalue weighted by atomic mass is 14.9. The molecule has 0 aromatic rings. The smallest absolute Gasteiger partial charge is 0.0167 e. The molecule has 0 aromatic heterocycles.